The number of esters is 1. The summed E-state index contributed by atoms with van der Waals surface area (Å²) in [5, 5.41) is 13.0. The Morgan fingerprint density at radius 2 is 1.81 bits per heavy atom. The van der Waals surface area contributed by atoms with Gasteiger partial charge in [0.15, 0.2) is 12.4 Å². The SMILES string of the molecule is CCCOc1ccc(C(=O)CCC(=O)OCC(=O)Nc2ccc(F)c([N+](=O)[O-])c2)cc1. The zero-order chi connectivity index (χ0) is 22.8. The van der Waals surface area contributed by atoms with E-state index >= 15 is 0 Å². The van der Waals surface area contributed by atoms with Crippen LogP contribution < -0.4 is 10.1 Å². The van der Waals surface area contributed by atoms with Crippen LogP contribution in [0.4, 0.5) is 15.8 Å². The third-order valence-corrected chi connectivity index (χ3v) is 4.00. The fourth-order valence-electron chi connectivity index (χ4n) is 2.46. The molecular formula is C21H21FN2O7. The highest BCUT2D eigenvalue weighted by molar-refractivity contribution is 5.98. The molecule has 0 aliphatic rings. The van der Waals surface area contributed by atoms with Crippen LogP contribution in [0.1, 0.15) is 36.5 Å². The first-order valence-electron chi connectivity index (χ1n) is 9.45. The molecule has 164 valence electrons. The number of rotatable bonds is 11. The molecule has 0 saturated heterocycles. The van der Waals surface area contributed by atoms with Crippen LogP contribution in [0.5, 0.6) is 5.75 Å². The van der Waals surface area contributed by atoms with Crippen molar-refractivity contribution in [1.29, 1.82) is 0 Å². The summed E-state index contributed by atoms with van der Waals surface area (Å²) in [5.41, 5.74) is -0.388. The first-order chi connectivity index (χ1) is 14.8. The van der Waals surface area contributed by atoms with Crippen LogP contribution in [0.2, 0.25) is 0 Å². The van der Waals surface area contributed by atoms with Gasteiger partial charge in [-0.05, 0) is 42.8 Å². The molecule has 2 aromatic carbocycles. The van der Waals surface area contributed by atoms with E-state index in [9.17, 15) is 28.9 Å². The van der Waals surface area contributed by atoms with Crippen molar-refractivity contribution < 1.29 is 33.2 Å². The summed E-state index contributed by atoms with van der Waals surface area (Å²) in [5.74, 6) is -2.17. The molecule has 0 aliphatic heterocycles. The van der Waals surface area contributed by atoms with E-state index < -0.39 is 34.9 Å². The maximum absolute atomic E-state index is 13.3. The molecule has 0 bridgehead atoms. The van der Waals surface area contributed by atoms with Gasteiger partial charge in [-0.3, -0.25) is 24.5 Å². The van der Waals surface area contributed by atoms with Crippen LogP contribution >= 0.6 is 0 Å². The second-order valence-electron chi connectivity index (χ2n) is 6.43. The number of hydrogen-bond acceptors (Lipinski definition) is 7. The van der Waals surface area contributed by atoms with Gasteiger partial charge in [0.05, 0.1) is 18.0 Å². The number of carbonyl (C=O) groups excluding carboxylic acids is 3. The molecule has 0 heterocycles. The minimum atomic E-state index is -1.04. The Hall–Kier alpha value is -3.82. The number of nitro benzene ring substituents is 1. The van der Waals surface area contributed by atoms with Crippen molar-refractivity contribution in [2.75, 3.05) is 18.5 Å². The van der Waals surface area contributed by atoms with Crippen molar-refractivity contribution in [3.8, 4) is 5.75 Å². The largest absolute Gasteiger partial charge is 0.494 e. The number of halogens is 1. The fourth-order valence-corrected chi connectivity index (χ4v) is 2.46. The maximum atomic E-state index is 13.3. The summed E-state index contributed by atoms with van der Waals surface area (Å²) in [6, 6.07) is 9.39. The Balaban J connectivity index is 1.76. The second kappa shape index (κ2) is 11.4. The lowest BCUT2D eigenvalue weighted by Crippen LogP contribution is -2.21. The summed E-state index contributed by atoms with van der Waals surface area (Å²) >= 11 is 0. The summed E-state index contributed by atoms with van der Waals surface area (Å²) in [6.45, 7) is 1.90. The number of amides is 1. The number of ketones is 1. The van der Waals surface area contributed by atoms with Gasteiger partial charge in [-0.25, -0.2) is 0 Å². The van der Waals surface area contributed by atoms with E-state index in [0.717, 1.165) is 24.6 Å². The third kappa shape index (κ3) is 7.50. The summed E-state index contributed by atoms with van der Waals surface area (Å²) in [4.78, 5) is 45.5. The topological polar surface area (TPSA) is 125 Å². The van der Waals surface area contributed by atoms with E-state index in [2.05, 4.69) is 5.32 Å². The minimum absolute atomic E-state index is 0.0179. The Bertz CT molecular complexity index is 961. The molecule has 0 unspecified atom stereocenters. The van der Waals surface area contributed by atoms with E-state index in [1.165, 1.54) is 0 Å². The Morgan fingerprint density at radius 1 is 1.10 bits per heavy atom. The molecule has 1 amide bonds. The van der Waals surface area contributed by atoms with E-state index in [1.807, 2.05) is 6.92 Å². The molecule has 9 nitrogen and oxygen atoms in total. The predicted molar refractivity (Wildman–Crippen MR) is 108 cm³/mol. The number of hydrogen-bond donors (Lipinski definition) is 1. The van der Waals surface area contributed by atoms with E-state index in [1.54, 1.807) is 24.3 Å². The molecule has 0 saturated carbocycles. The Morgan fingerprint density at radius 3 is 2.45 bits per heavy atom. The van der Waals surface area contributed by atoms with Crippen molar-refractivity contribution in [2.45, 2.75) is 26.2 Å². The van der Waals surface area contributed by atoms with Crippen LogP contribution in [0.15, 0.2) is 42.5 Å². The molecule has 0 aromatic heterocycles. The molecule has 2 rings (SSSR count). The molecule has 2 aromatic rings. The van der Waals surface area contributed by atoms with Crippen LogP contribution in [0, 0.1) is 15.9 Å². The molecule has 0 atom stereocenters. The van der Waals surface area contributed by atoms with Crippen molar-refractivity contribution in [3.05, 3.63) is 64.0 Å². The molecule has 0 radical (unpaired) electrons. The summed E-state index contributed by atoms with van der Waals surface area (Å²) in [7, 11) is 0. The predicted octanol–water partition coefficient (Wildman–Crippen LogP) is 3.67. The number of Topliss-reactive ketones (excluding diaryl/α,β-unsaturated/α-hetero) is 1. The molecular weight excluding hydrogens is 411 g/mol. The monoisotopic (exact) mass is 432 g/mol. The van der Waals surface area contributed by atoms with Gasteiger partial charge in [0.2, 0.25) is 5.82 Å². The van der Waals surface area contributed by atoms with Crippen LogP contribution in [0.3, 0.4) is 0 Å². The van der Waals surface area contributed by atoms with Gasteiger partial charge >= 0.3 is 11.7 Å². The van der Waals surface area contributed by atoms with E-state index in [0.29, 0.717) is 17.9 Å². The first kappa shape index (κ1) is 23.5. The molecule has 0 fully saturated rings. The molecule has 0 spiro atoms. The highest BCUT2D eigenvalue weighted by atomic mass is 19.1. The van der Waals surface area contributed by atoms with E-state index in [4.69, 9.17) is 9.47 Å². The van der Waals surface area contributed by atoms with E-state index in [-0.39, 0.29) is 24.3 Å². The van der Waals surface area contributed by atoms with Gasteiger partial charge in [0, 0.05) is 23.7 Å². The lowest BCUT2D eigenvalue weighted by molar-refractivity contribution is -0.387. The third-order valence-electron chi connectivity index (χ3n) is 4.00. The zero-order valence-corrected chi connectivity index (χ0v) is 16.8. The van der Waals surface area contributed by atoms with Gasteiger partial charge < -0.3 is 14.8 Å². The number of carbonyl (C=O) groups is 3. The van der Waals surface area contributed by atoms with Gasteiger partial charge in [-0.1, -0.05) is 6.92 Å². The number of anilines is 1. The molecule has 0 aliphatic carbocycles. The number of nitrogens with one attached hydrogen (secondary N) is 1. The number of ether oxygens (including phenoxy) is 2. The van der Waals surface area contributed by atoms with Gasteiger partial charge in [-0.15, -0.1) is 0 Å². The number of nitrogens with zero attached hydrogens (tertiary/aromatic N) is 1. The van der Waals surface area contributed by atoms with Crippen molar-refractivity contribution >= 4 is 29.0 Å². The average molecular weight is 432 g/mol. The van der Waals surface area contributed by atoms with Crippen LogP contribution in [-0.2, 0) is 14.3 Å². The lowest BCUT2D eigenvalue weighted by Gasteiger charge is -2.07. The average Bonchev–Trinajstić information content (AvgIpc) is 2.76. The Kier molecular flexibility index (Phi) is 8.62. The quantitative estimate of drug-likeness (QED) is 0.249. The maximum Gasteiger partial charge on any atom is 0.306 e. The highest BCUT2D eigenvalue weighted by Crippen LogP contribution is 2.21. The zero-order valence-electron chi connectivity index (χ0n) is 16.8. The first-order valence-corrected chi connectivity index (χ1v) is 9.45. The summed E-state index contributed by atoms with van der Waals surface area (Å²) in [6.07, 6.45) is 0.548. The standard InChI is InChI=1S/C21H21FN2O7/c1-2-11-30-16-6-3-14(4-7-16)19(25)9-10-21(27)31-13-20(26)23-15-5-8-17(22)18(12-15)24(28)29/h3-8,12H,2,9-11,13H2,1H3,(H,23,26). The molecule has 10 heteroatoms. The van der Waals surface area contributed by atoms with Gasteiger partial charge in [0.25, 0.3) is 5.91 Å². The van der Waals surface area contributed by atoms with Crippen LogP contribution in [-0.4, -0.2) is 35.8 Å². The molecule has 31 heavy (non-hydrogen) atoms. The highest BCUT2D eigenvalue weighted by Gasteiger charge is 2.16. The number of nitro groups is 1. The summed E-state index contributed by atoms with van der Waals surface area (Å²) < 4.78 is 23.5. The lowest BCUT2D eigenvalue weighted by atomic mass is 10.1. The van der Waals surface area contributed by atoms with Crippen molar-refractivity contribution in [2.24, 2.45) is 0 Å². The van der Waals surface area contributed by atoms with Crippen LogP contribution in [0.25, 0.3) is 0 Å². The van der Waals surface area contributed by atoms with Gasteiger partial charge in [-0.2, -0.15) is 4.39 Å². The number of benzene rings is 2. The Labute approximate surface area is 177 Å². The van der Waals surface area contributed by atoms with Crippen molar-refractivity contribution in [1.82, 2.24) is 0 Å². The second-order valence-corrected chi connectivity index (χ2v) is 6.43. The van der Waals surface area contributed by atoms with Crippen molar-refractivity contribution in [3.63, 3.8) is 0 Å². The van der Waals surface area contributed by atoms with Gasteiger partial charge in [0.1, 0.15) is 5.75 Å². The fraction of sp³-hybridized carbons (Fsp3) is 0.286. The smallest absolute Gasteiger partial charge is 0.306 e. The molecule has 1 N–H and O–H groups in total. The normalized spacial score (nSPS) is 10.3. The minimum Gasteiger partial charge on any atom is -0.494 e.